The number of hydrogen-bond donors (Lipinski definition) is 3. The molecule has 2 unspecified atom stereocenters. The Hall–Kier alpha value is -1.56. The molecule has 3 rings (SSSR count). The summed E-state index contributed by atoms with van der Waals surface area (Å²) in [6, 6.07) is 0.700. The Labute approximate surface area is 98.2 Å². The van der Waals surface area contributed by atoms with Crippen molar-refractivity contribution in [1.29, 1.82) is 0 Å². The van der Waals surface area contributed by atoms with E-state index in [4.69, 9.17) is 5.73 Å². The van der Waals surface area contributed by atoms with Gasteiger partial charge in [-0.25, -0.2) is 4.79 Å². The summed E-state index contributed by atoms with van der Waals surface area (Å²) in [7, 11) is 0. The molecule has 4 N–H and O–H groups in total. The van der Waals surface area contributed by atoms with Crippen molar-refractivity contribution in [2.75, 3.05) is 0 Å². The van der Waals surface area contributed by atoms with E-state index in [1.807, 2.05) is 4.90 Å². The first kappa shape index (κ1) is 10.6. The lowest BCUT2D eigenvalue weighted by Gasteiger charge is -2.37. The van der Waals surface area contributed by atoms with E-state index in [0.29, 0.717) is 5.69 Å². The first-order chi connectivity index (χ1) is 8.15. The maximum atomic E-state index is 12.3. The summed E-state index contributed by atoms with van der Waals surface area (Å²) in [5.41, 5.74) is 5.97. The minimum Gasteiger partial charge on any atom is -0.331 e. The summed E-state index contributed by atoms with van der Waals surface area (Å²) in [5, 5.41) is 0. The molecule has 2 atom stereocenters. The zero-order valence-electron chi connectivity index (χ0n) is 9.48. The predicted molar refractivity (Wildman–Crippen MR) is 61.6 cm³/mol. The molecule has 6 nitrogen and oxygen atoms in total. The van der Waals surface area contributed by atoms with Gasteiger partial charge in [-0.2, -0.15) is 0 Å². The van der Waals surface area contributed by atoms with E-state index in [2.05, 4.69) is 9.97 Å². The number of rotatable bonds is 1. The highest BCUT2D eigenvalue weighted by molar-refractivity contribution is 5.92. The molecule has 1 aromatic heterocycles. The van der Waals surface area contributed by atoms with Crippen LogP contribution in [-0.4, -0.2) is 38.9 Å². The normalized spacial score (nSPS) is 31.8. The fourth-order valence-electron chi connectivity index (χ4n) is 3.14. The van der Waals surface area contributed by atoms with Crippen LogP contribution in [0.3, 0.4) is 0 Å². The van der Waals surface area contributed by atoms with Gasteiger partial charge in [-0.3, -0.25) is 4.79 Å². The Morgan fingerprint density at radius 1 is 1.35 bits per heavy atom. The smallest absolute Gasteiger partial charge is 0.323 e. The molecule has 17 heavy (non-hydrogen) atoms. The van der Waals surface area contributed by atoms with Gasteiger partial charge in [-0.05, 0) is 25.7 Å². The number of imidazole rings is 1. The molecule has 0 saturated carbocycles. The molecule has 1 amide bonds. The Bertz CT molecular complexity index is 478. The van der Waals surface area contributed by atoms with Crippen LogP contribution >= 0.6 is 0 Å². The standard InChI is InChI=1S/C11H16N4O2/c12-6-3-7-1-2-8(4-6)15(7)10(16)9-5-13-11(17)14-9/h5-8H,1-4,12H2,(H2,13,14,17). The molecule has 3 heterocycles. The van der Waals surface area contributed by atoms with Gasteiger partial charge in [-0.1, -0.05) is 0 Å². The van der Waals surface area contributed by atoms with Crippen molar-refractivity contribution < 1.29 is 4.79 Å². The highest BCUT2D eigenvalue weighted by atomic mass is 16.2. The van der Waals surface area contributed by atoms with Crippen molar-refractivity contribution in [1.82, 2.24) is 14.9 Å². The third-order valence-electron chi connectivity index (χ3n) is 3.83. The van der Waals surface area contributed by atoms with E-state index >= 15 is 0 Å². The lowest BCUT2D eigenvalue weighted by Crippen LogP contribution is -2.50. The number of H-pyrrole nitrogens is 2. The minimum absolute atomic E-state index is 0.0808. The van der Waals surface area contributed by atoms with Crippen molar-refractivity contribution in [3.8, 4) is 0 Å². The van der Waals surface area contributed by atoms with E-state index in [9.17, 15) is 9.59 Å². The summed E-state index contributed by atoms with van der Waals surface area (Å²) in [6.07, 6.45) is 5.24. The Morgan fingerprint density at radius 3 is 2.53 bits per heavy atom. The number of nitrogens with zero attached hydrogens (tertiary/aromatic N) is 1. The van der Waals surface area contributed by atoms with Crippen LogP contribution in [0.15, 0.2) is 11.0 Å². The average Bonchev–Trinajstić information content (AvgIpc) is 2.81. The quantitative estimate of drug-likeness (QED) is 0.630. The third-order valence-corrected chi connectivity index (χ3v) is 3.83. The lowest BCUT2D eigenvalue weighted by molar-refractivity contribution is 0.0569. The van der Waals surface area contributed by atoms with E-state index in [-0.39, 0.29) is 29.7 Å². The van der Waals surface area contributed by atoms with Crippen LogP contribution in [0.5, 0.6) is 0 Å². The van der Waals surface area contributed by atoms with Gasteiger partial charge in [0.15, 0.2) is 0 Å². The highest BCUT2D eigenvalue weighted by Gasteiger charge is 2.42. The van der Waals surface area contributed by atoms with Crippen LogP contribution in [-0.2, 0) is 0 Å². The van der Waals surface area contributed by atoms with Gasteiger partial charge in [0, 0.05) is 24.3 Å². The fraction of sp³-hybridized carbons (Fsp3) is 0.636. The summed E-state index contributed by atoms with van der Waals surface area (Å²) < 4.78 is 0. The topological polar surface area (TPSA) is 95.0 Å². The first-order valence-corrected chi connectivity index (χ1v) is 6.01. The molecule has 6 heteroatoms. The van der Waals surface area contributed by atoms with Crippen molar-refractivity contribution in [3.63, 3.8) is 0 Å². The van der Waals surface area contributed by atoms with E-state index in [1.54, 1.807) is 0 Å². The van der Waals surface area contributed by atoms with Gasteiger partial charge in [0.05, 0.1) is 0 Å². The SMILES string of the molecule is NC1CC2CCC(C1)N2C(=O)c1c[nH]c(=O)[nH]1. The summed E-state index contributed by atoms with van der Waals surface area (Å²) in [4.78, 5) is 30.2. The first-order valence-electron chi connectivity index (χ1n) is 6.01. The highest BCUT2D eigenvalue weighted by Crippen LogP contribution is 2.35. The lowest BCUT2D eigenvalue weighted by atomic mass is 9.98. The Balaban J connectivity index is 1.86. The molecule has 2 saturated heterocycles. The molecular formula is C11H16N4O2. The number of piperidine rings is 1. The van der Waals surface area contributed by atoms with Gasteiger partial charge in [0.25, 0.3) is 5.91 Å². The van der Waals surface area contributed by atoms with E-state index in [0.717, 1.165) is 25.7 Å². The van der Waals surface area contributed by atoms with Crippen LogP contribution in [0.1, 0.15) is 36.2 Å². The molecule has 2 aliphatic heterocycles. The number of aromatic nitrogens is 2. The molecule has 0 aromatic carbocycles. The maximum Gasteiger partial charge on any atom is 0.323 e. The van der Waals surface area contributed by atoms with Crippen LogP contribution in [0, 0.1) is 0 Å². The van der Waals surface area contributed by atoms with Gasteiger partial charge in [0.1, 0.15) is 5.69 Å². The fourth-order valence-corrected chi connectivity index (χ4v) is 3.14. The number of nitrogens with two attached hydrogens (primary N) is 1. The van der Waals surface area contributed by atoms with Crippen molar-refractivity contribution in [2.24, 2.45) is 5.73 Å². The van der Waals surface area contributed by atoms with Gasteiger partial charge < -0.3 is 20.6 Å². The van der Waals surface area contributed by atoms with Crippen molar-refractivity contribution >= 4 is 5.91 Å². The second-order valence-electron chi connectivity index (χ2n) is 4.99. The van der Waals surface area contributed by atoms with Gasteiger partial charge >= 0.3 is 5.69 Å². The van der Waals surface area contributed by atoms with E-state index < -0.39 is 0 Å². The summed E-state index contributed by atoms with van der Waals surface area (Å²) in [5.74, 6) is -0.0808. The van der Waals surface area contributed by atoms with Crippen LogP contribution in [0.25, 0.3) is 0 Å². The van der Waals surface area contributed by atoms with Crippen LogP contribution in [0.2, 0.25) is 0 Å². The van der Waals surface area contributed by atoms with Gasteiger partial charge in [-0.15, -0.1) is 0 Å². The van der Waals surface area contributed by atoms with Crippen molar-refractivity contribution in [3.05, 3.63) is 22.4 Å². The number of fused-ring (bicyclic) bond motifs is 2. The second kappa shape index (κ2) is 3.73. The molecule has 0 aliphatic carbocycles. The number of carbonyl (C=O) groups excluding carboxylic acids is 1. The molecule has 0 radical (unpaired) electrons. The van der Waals surface area contributed by atoms with Crippen LogP contribution in [0.4, 0.5) is 0 Å². The minimum atomic E-state index is -0.339. The molecule has 2 fully saturated rings. The number of hydrogen-bond acceptors (Lipinski definition) is 3. The molecule has 2 aliphatic rings. The van der Waals surface area contributed by atoms with Gasteiger partial charge in [0.2, 0.25) is 0 Å². The largest absolute Gasteiger partial charge is 0.331 e. The number of nitrogens with one attached hydrogen (secondary N) is 2. The summed E-state index contributed by atoms with van der Waals surface area (Å²) in [6.45, 7) is 0. The summed E-state index contributed by atoms with van der Waals surface area (Å²) >= 11 is 0. The Morgan fingerprint density at radius 2 is 2.00 bits per heavy atom. The number of amides is 1. The Kier molecular flexibility index (Phi) is 2.32. The maximum absolute atomic E-state index is 12.3. The average molecular weight is 236 g/mol. The second-order valence-corrected chi connectivity index (χ2v) is 4.99. The molecule has 2 bridgehead atoms. The molecule has 92 valence electrons. The van der Waals surface area contributed by atoms with Crippen molar-refractivity contribution in [2.45, 2.75) is 43.8 Å². The zero-order chi connectivity index (χ0) is 12.0. The predicted octanol–water partition coefficient (Wildman–Crippen LogP) is -0.203. The molecule has 0 spiro atoms. The number of carbonyl (C=O) groups is 1. The zero-order valence-corrected chi connectivity index (χ0v) is 9.48. The third kappa shape index (κ3) is 1.68. The van der Waals surface area contributed by atoms with Crippen LogP contribution < -0.4 is 11.4 Å². The molecular weight excluding hydrogens is 220 g/mol. The number of aromatic amines is 2. The van der Waals surface area contributed by atoms with E-state index in [1.165, 1.54) is 6.20 Å². The molecule has 1 aromatic rings. The monoisotopic (exact) mass is 236 g/mol.